The molecule has 148 valence electrons. The van der Waals surface area contributed by atoms with E-state index < -0.39 is 16.1 Å². The molecule has 0 aliphatic rings. The maximum absolute atomic E-state index is 12.9. The summed E-state index contributed by atoms with van der Waals surface area (Å²) in [7, 11) is -3.98. The van der Waals surface area contributed by atoms with Gasteiger partial charge in [-0.05, 0) is 47.9 Å². The van der Waals surface area contributed by atoms with E-state index in [0.717, 1.165) is 17.4 Å². The van der Waals surface area contributed by atoms with Crippen LogP contribution in [0.15, 0.2) is 90.3 Å². The maximum atomic E-state index is 12.9. The van der Waals surface area contributed by atoms with Crippen LogP contribution in [-0.4, -0.2) is 14.4 Å². The molecule has 1 N–H and O–H groups in total. The van der Waals surface area contributed by atoms with E-state index in [1.807, 2.05) is 36.4 Å². The number of aryl methyl sites for hydroxylation is 1. The standard InChI is InChI=1S/C23H22N2O3S/c1-2-19-13-15-20(16-14-19)17-18-29(27,28)24-23(26)25(21-9-5-3-6-10-21)22-11-7-4-8-12-22/h3-18H,2H2,1H3,(H,24,26)/b18-17+. The van der Waals surface area contributed by atoms with Gasteiger partial charge >= 0.3 is 6.03 Å². The van der Waals surface area contributed by atoms with Gasteiger partial charge in [0.15, 0.2) is 0 Å². The molecule has 0 saturated carbocycles. The van der Waals surface area contributed by atoms with Crippen LogP contribution in [0.2, 0.25) is 0 Å². The largest absolute Gasteiger partial charge is 0.340 e. The number of para-hydroxylation sites is 2. The average molecular weight is 407 g/mol. The fourth-order valence-corrected chi connectivity index (χ4v) is 3.51. The Morgan fingerprint density at radius 1 is 0.862 bits per heavy atom. The lowest BCUT2D eigenvalue weighted by Crippen LogP contribution is -2.39. The SMILES string of the molecule is CCc1ccc(/C=C/S(=O)(=O)NC(=O)N(c2ccccc2)c2ccccc2)cc1. The molecule has 0 heterocycles. The third-order valence-electron chi connectivity index (χ3n) is 4.29. The quantitative estimate of drug-likeness (QED) is 0.619. The predicted molar refractivity (Wildman–Crippen MR) is 117 cm³/mol. The smallest absolute Gasteiger partial charge is 0.262 e. The van der Waals surface area contributed by atoms with E-state index in [2.05, 4.69) is 11.6 Å². The van der Waals surface area contributed by atoms with Crippen molar-refractivity contribution in [3.8, 4) is 0 Å². The van der Waals surface area contributed by atoms with E-state index in [1.54, 1.807) is 48.5 Å². The minimum Gasteiger partial charge on any atom is -0.262 e. The number of nitrogens with one attached hydrogen (secondary N) is 1. The molecule has 0 bridgehead atoms. The third kappa shape index (κ3) is 5.56. The van der Waals surface area contributed by atoms with Crippen LogP contribution in [0.1, 0.15) is 18.1 Å². The molecule has 0 saturated heterocycles. The van der Waals surface area contributed by atoms with Crippen LogP contribution in [0.25, 0.3) is 6.08 Å². The van der Waals surface area contributed by atoms with Gasteiger partial charge in [0.05, 0.1) is 16.8 Å². The Labute approximate surface area is 171 Å². The fraction of sp³-hybridized carbons (Fsp3) is 0.0870. The van der Waals surface area contributed by atoms with Crippen LogP contribution in [-0.2, 0) is 16.4 Å². The molecule has 0 unspecified atom stereocenters. The van der Waals surface area contributed by atoms with Crippen LogP contribution in [0.4, 0.5) is 16.2 Å². The van der Waals surface area contributed by atoms with Gasteiger partial charge in [0.25, 0.3) is 10.0 Å². The van der Waals surface area contributed by atoms with E-state index in [1.165, 1.54) is 16.5 Å². The van der Waals surface area contributed by atoms with Gasteiger partial charge in [-0.2, -0.15) is 0 Å². The Kier molecular flexibility index (Phi) is 6.46. The number of hydrogen-bond donors (Lipinski definition) is 1. The van der Waals surface area contributed by atoms with Gasteiger partial charge in [0.1, 0.15) is 0 Å². The highest BCUT2D eigenvalue weighted by molar-refractivity contribution is 7.93. The molecule has 0 aliphatic carbocycles. The second-order valence-corrected chi connectivity index (χ2v) is 7.92. The van der Waals surface area contributed by atoms with Gasteiger partial charge in [0, 0.05) is 0 Å². The Bertz CT molecular complexity index is 1040. The zero-order valence-corrected chi connectivity index (χ0v) is 16.8. The molecule has 0 radical (unpaired) electrons. The van der Waals surface area contributed by atoms with Crippen LogP contribution in [0, 0.1) is 0 Å². The van der Waals surface area contributed by atoms with Crippen molar-refractivity contribution in [1.82, 2.24) is 4.72 Å². The second-order valence-electron chi connectivity index (χ2n) is 6.36. The van der Waals surface area contributed by atoms with Crippen molar-refractivity contribution < 1.29 is 13.2 Å². The molecule has 5 nitrogen and oxygen atoms in total. The van der Waals surface area contributed by atoms with Crippen molar-refractivity contribution in [2.24, 2.45) is 0 Å². The van der Waals surface area contributed by atoms with Crippen molar-refractivity contribution >= 4 is 33.5 Å². The Balaban J connectivity index is 1.81. The molecule has 0 atom stereocenters. The molecule has 0 fully saturated rings. The van der Waals surface area contributed by atoms with E-state index >= 15 is 0 Å². The molecule has 0 spiro atoms. The third-order valence-corrected chi connectivity index (χ3v) is 5.24. The first-order valence-corrected chi connectivity index (χ1v) is 10.8. The van der Waals surface area contributed by atoms with Gasteiger partial charge in [-0.3, -0.25) is 4.90 Å². The zero-order chi connectivity index (χ0) is 20.7. The van der Waals surface area contributed by atoms with E-state index in [4.69, 9.17) is 0 Å². The fourth-order valence-electron chi connectivity index (χ4n) is 2.77. The van der Waals surface area contributed by atoms with E-state index in [-0.39, 0.29) is 0 Å². The molecular weight excluding hydrogens is 384 g/mol. The molecule has 6 heteroatoms. The van der Waals surface area contributed by atoms with Crippen molar-refractivity contribution in [2.75, 3.05) is 4.90 Å². The van der Waals surface area contributed by atoms with Gasteiger partial charge in [-0.15, -0.1) is 0 Å². The number of anilines is 2. The number of hydrogen-bond acceptors (Lipinski definition) is 3. The molecule has 29 heavy (non-hydrogen) atoms. The molecule has 3 aromatic rings. The van der Waals surface area contributed by atoms with Gasteiger partial charge in [-0.25, -0.2) is 17.9 Å². The van der Waals surface area contributed by atoms with Crippen molar-refractivity contribution in [3.05, 3.63) is 101 Å². The summed E-state index contributed by atoms with van der Waals surface area (Å²) in [4.78, 5) is 14.2. The number of amides is 2. The summed E-state index contributed by atoms with van der Waals surface area (Å²) in [5.41, 5.74) is 3.03. The number of sulfonamides is 1. The summed E-state index contributed by atoms with van der Waals surface area (Å²) in [5.74, 6) is 0. The predicted octanol–water partition coefficient (Wildman–Crippen LogP) is 5.10. The Morgan fingerprint density at radius 2 is 1.38 bits per heavy atom. The monoisotopic (exact) mass is 406 g/mol. The first-order chi connectivity index (χ1) is 14.0. The highest BCUT2D eigenvalue weighted by atomic mass is 32.2. The Hall–Kier alpha value is -3.38. The summed E-state index contributed by atoms with van der Waals surface area (Å²) in [6.45, 7) is 2.05. The molecule has 3 aromatic carbocycles. The first kappa shape index (κ1) is 20.4. The maximum Gasteiger partial charge on any atom is 0.340 e. The molecule has 2 amide bonds. The number of carbonyl (C=O) groups excluding carboxylic acids is 1. The van der Waals surface area contributed by atoms with Crippen LogP contribution in [0.5, 0.6) is 0 Å². The van der Waals surface area contributed by atoms with Gasteiger partial charge < -0.3 is 0 Å². The number of urea groups is 1. The lowest BCUT2D eigenvalue weighted by Gasteiger charge is -2.22. The van der Waals surface area contributed by atoms with E-state index in [9.17, 15) is 13.2 Å². The van der Waals surface area contributed by atoms with Crippen LogP contribution < -0.4 is 9.62 Å². The molecule has 3 rings (SSSR count). The lowest BCUT2D eigenvalue weighted by molar-refractivity contribution is 0.253. The zero-order valence-electron chi connectivity index (χ0n) is 16.0. The molecular formula is C23H22N2O3S. The first-order valence-electron chi connectivity index (χ1n) is 9.22. The number of nitrogens with zero attached hydrogens (tertiary/aromatic N) is 1. The normalized spacial score (nSPS) is 11.3. The summed E-state index contributed by atoms with van der Waals surface area (Å²) >= 11 is 0. The summed E-state index contributed by atoms with van der Waals surface area (Å²) < 4.78 is 27.0. The van der Waals surface area contributed by atoms with Crippen LogP contribution >= 0.6 is 0 Å². The number of carbonyl (C=O) groups is 1. The van der Waals surface area contributed by atoms with Gasteiger partial charge in [0.2, 0.25) is 0 Å². The summed E-state index contributed by atoms with van der Waals surface area (Å²) in [6, 6.07) is 24.6. The lowest BCUT2D eigenvalue weighted by atomic mass is 10.1. The van der Waals surface area contributed by atoms with Crippen LogP contribution in [0.3, 0.4) is 0 Å². The van der Waals surface area contributed by atoms with E-state index in [0.29, 0.717) is 11.4 Å². The molecule has 0 aromatic heterocycles. The second kappa shape index (κ2) is 9.21. The van der Waals surface area contributed by atoms with Gasteiger partial charge in [-0.1, -0.05) is 67.6 Å². The highest BCUT2D eigenvalue weighted by Crippen LogP contribution is 2.25. The summed E-state index contributed by atoms with van der Waals surface area (Å²) in [5, 5.41) is 1.00. The number of benzene rings is 3. The van der Waals surface area contributed by atoms with Crippen molar-refractivity contribution in [3.63, 3.8) is 0 Å². The number of rotatable bonds is 6. The Morgan fingerprint density at radius 3 is 1.86 bits per heavy atom. The topological polar surface area (TPSA) is 66.5 Å². The summed E-state index contributed by atoms with van der Waals surface area (Å²) in [6.07, 6.45) is 2.37. The van der Waals surface area contributed by atoms with Crippen molar-refractivity contribution in [2.45, 2.75) is 13.3 Å². The van der Waals surface area contributed by atoms with Crippen molar-refractivity contribution in [1.29, 1.82) is 0 Å². The highest BCUT2D eigenvalue weighted by Gasteiger charge is 2.21. The minimum atomic E-state index is -3.98. The minimum absolute atomic E-state index is 0.561. The average Bonchev–Trinajstić information content (AvgIpc) is 2.74. The molecule has 0 aliphatic heterocycles.